The van der Waals surface area contributed by atoms with Crippen molar-refractivity contribution in [2.24, 2.45) is 4.40 Å². The summed E-state index contributed by atoms with van der Waals surface area (Å²) in [5.74, 6) is 0. The summed E-state index contributed by atoms with van der Waals surface area (Å²) in [4.78, 5) is 0. The van der Waals surface area contributed by atoms with Crippen molar-refractivity contribution in [3.8, 4) is 0 Å². The van der Waals surface area contributed by atoms with Gasteiger partial charge in [0.1, 0.15) is 11.4 Å². The Hall–Kier alpha value is -0.333. The second-order valence-corrected chi connectivity index (χ2v) is 14.3. The Kier molecular flexibility index (Phi) is 7.35. The van der Waals surface area contributed by atoms with Gasteiger partial charge in [-0.05, 0) is 49.7 Å². The second kappa shape index (κ2) is 8.16. The maximum absolute atomic E-state index is 12.0. The van der Waals surface area contributed by atoms with E-state index in [1.807, 2.05) is 38.1 Å². The summed E-state index contributed by atoms with van der Waals surface area (Å²) in [7, 11) is -2.00. The van der Waals surface area contributed by atoms with Gasteiger partial charge in [-0.2, -0.15) is 0 Å². The molecule has 0 fully saturated rings. The summed E-state index contributed by atoms with van der Waals surface area (Å²) >= 11 is 4.87. The predicted molar refractivity (Wildman–Crippen MR) is 104 cm³/mol. The molecule has 1 aromatic carbocycles. The van der Waals surface area contributed by atoms with Gasteiger partial charge in [-0.1, -0.05) is 48.9 Å². The van der Waals surface area contributed by atoms with Gasteiger partial charge in [0.05, 0.1) is 17.6 Å². The zero-order valence-corrected chi connectivity index (χ0v) is 17.7. The molecule has 0 amide bonds. The van der Waals surface area contributed by atoms with E-state index in [0.29, 0.717) is 5.02 Å². The Morgan fingerprint density at radius 3 is 2.39 bits per heavy atom. The Bertz CT molecular complexity index is 544. The van der Waals surface area contributed by atoms with Crippen molar-refractivity contribution in [3.05, 3.63) is 34.9 Å². The van der Waals surface area contributed by atoms with Gasteiger partial charge in [-0.25, -0.2) is 0 Å². The molecule has 0 radical (unpaired) electrons. The van der Waals surface area contributed by atoms with Crippen molar-refractivity contribution in [2.45, 2.75) is 64.1 Å². The van der Waals surface area contributed by atoms with Crippen LogP contribution in [0.5, 0.6) is 0 Å². The summed E-state index contributed by atoms with van der Waals surface area (Å²) in [6.07, 6.45) is 1.33. The van der Waals surface area contributed by atoms with Crippen LogP contribution < -0.4 is 0 Å². The van der Waals surface area contributed by atoms with Gasteiger partial charge in [0, 0.05) is 5.02 Å². The SMILES string of the molecule is CC(C)[S+]([O-])N=C[C@H](O[Si](C)(C)C(C)(C)C)c1cccc(Cl)c1. The van der Waals surface area contributed by atoms with Crippen LogP contribution in [0.15, 0.2) is 28.7 Å². The molecule has 130 valence electrons. The third kappa shape index (κ3) is 6.23. The Morgan fingerprint density at radius 1 is 1.30 bits per heavy atom. The average molecular weight is 374 g/mol. The van der Waals surface area contributed by atoms with Gasteiger partial charge in [-0.3, -0.25) is 0 Å². The molecule has 0 saturated carbocycles. The third-order valence-electron chi connectivity index (χ3n) is 4.11. The normalized spacial score (nSPS) is 16.1. The summed E-state index contributed by atoms with van der Waals surface area (Å²) in [6, 6.07) is 7.57. The zero-order chi connectivity index (χ0) is 17.8. The maximum Gasteiger partial charge on any atom is 0.193 e. The van der Waals surface area contributed by atoms with Crippen LogP contribution in [0.25, 0.3) is 0 Å². The van der Waals surface area contributed by atoms with Crippen molar-refractivity contribution in [2.75, 3.05) is 0 Å². The second-order valence-electron chi connectivity index (χ2n) is 7.43. The van der Waals surface area contributed by atoms with E-state index in [4.69, 9.17) is 16.0 Å². The molecule has 0 bridgehead atoms. The van der Waals surface area contributed by atoms with E-state index in [0.717, 1.165) is 5.56 Å². The lowest BCUT2D eigenvalue weighted by molar-refractivity contribution is 0.251. The number of hydrogen-bond donors (Lipinski definition) is 0. The summed E-state index contributed by atoms with van der Waals surface area (Å²) in [5, 5.41) is 0.721. The first kappa shape index (κ1) is 20.7. The highest BCUT2D eigenvalue weighted by Gasteiger charge is 2.39. The molecule has 0 aliphatic heterocycles. The van der Waals surface area contributed by atoms with Crippen LogP contribution in [0, 0.1) is 0 Å². The fourth-order valence-electron chi connectivity index (χ4n) is 1.60. The molecule has 23 heavy (non-hydrogen) atoms. The maximum atomic E-state index is 12.0. The minimum atomic E-state index is -2.00. The van der Waals surface area contributed by atoms with E-state index in [2.05, 4.69) is 38.3 Å². The first-order chi connectivity index (χ1) is 10.4. The van der Waals surface area contributed by atoms with E-state index in [1.54, 1.807) is 6.21 Å². The Morgan fingerprint density at radius 2 is 1.91 bits per heavy atom. The lowest BCUT2D eigenvalue weighted by Gasteiger charge is -2.38. The summed E-state index contributed by atoms with van der Waals surface area (Å²) < 4.78 is 22.6. The standard InChI is InChI=1S/C17H28ClNO2SSi/c1-13(2)22(20)19-12-16(14-9-8-10-15(18)11-14)21-23(6,7)17(3,4)5/h8-13,16H,1-7H3/t16-,22?/m0/s1. The number of hydrogen-bond acceptors (Lipinski definition) is 3. The van der Waals surface area contributed by atoms with Crippen molar-refractivity contribution in [1.82, 2.24) is 0 Å². The molecule has 0 aliphatic rings. The van der Waals surface area contributed by atoms with Crippen LogP contribution in [-0.4, -0.2) is 24.3 Å². The number of halogens is 1. The quantitative estimate of drug-likeness (QED) is 0.373. The number of rotatable bonds is 6. The molecule has 0 N–H and O–H groups in total. The highest BCUT2D eigenvalue weighted by molar-refractivity contribution is 7.90. The van der Waals surface area contributed by atoms with Gasteiger partial charge in [0.15, 0.2) is 8.32 Å². The largest absolute Gasteiger partial charge is 0.591 e. The van der Waals surface area contributed by atoms with Crippen LogP contribution in [0.1, 0.15) is 46.3 Å². The molecule has 2 atom stereocenters. The fraction of sp³-hybridized carbons (Fsp3) is 0.588. The molecule has 0 aromatic heterocycles. The topological polar surface area (TPSA) is 44.7 Å². The highest BCUT2D eigenvalue weighted by Crippen LogP contribution is 2.39. The number of benzene rings is 1. The highest BCUT2D eigenvalue weighted by atomic mass is 35.5. The third-order valence-corrected chi connectivity index (χ3v) is 9.94. The molecular weight excluding hydrogens is 346 g/mol. The van der Waals surface area contributed by atoms with Crippen molar-refractivity contribution < 1.29 is 8.98 Å². The smallest absolute Gasteiger partial charge is 0.193 e. The van der Waals surface area contributed by atoms with Crippen molar-refractivity contribution >= 4 is 37.5 Å². The average Bonchev–Trinajstić information content (AvgIpc) is 2.41. The molecule has 3 nitrogen and oxygen atoms in total. The van der Waals surface area contributed by atoms with Crippen LogP contribution >= 0.6 is 11.6 Å². The predicted octanol–water partition coefficient (Wildman–Crippen LogP) is 5.55. The van der Waals surface area contributed by atoms with Crippen molar-refractivity contribution in [3.63, 3.8) is 0 Å². The van der Waals surface area contributed by atoms with E-state index >= 15 is 0 Å². The lowest BCUT2D eigenvalue weighted by Crippen LogP contribution is -2.42. The van der Waals surface area contributed by atoms with Crippen LogP contribution in [0.4, 0.5) is 0 Å². The van der Waals surface area contributed by atoms with E-state index < -0.39 is 19.7 Å². The van der Waals surface area contributed by atoms with E-state index in [9.17, 15) is 4.55 Å². The molecule has 1 unspecified atom stereocenters. The Balaban J connectivity index is 3.12. The summed E-state index contributed by atoms with van der Waals surface area (Å²) in [5.41, 5.74) is 0.937. The van der Waals surface area contributed by atoms with E-state index in [-0.39, 0.29) is 16.4 Å². The molecule has 1 aromatic rings. The van der Waals surface area contributed by atoms with Crippen LogP contribution in [0.2, 0.25) is 23.2 Å². The van der Waals surface area contributed by atoms with Gasteiger partial charge in [-0.15, -0.1) is 0 Å². The molecule has 0 spiro atoms. The van der Waals surface area contributed by atoms with Crippen LogP contribution in [0.3, 0.4) is 0 Å². The zero-order valence-electron chi connectivity index (χ0n) is 15.1. The van der Waals surface area contributed by atoms with Gasteiger partial charge in [0.2, 0.25) is 0 Å². The molecule has 0 aliphatic carbocycles. The van der Waals surface area contributed by atoms with Gasteiger partial charge >= 0.3 is 0 Å². The summed E-state index contributed by atoms with van der Waals surface area (Å²) in [6.45, 7) is 14.7. The molecule has 0 saturated heterocycles. The molecule has 6 heteroatoms. The molecular formula is C17H28ClNO2SSi. The minimum absolute atomic E-state index is 0.0147. The van der Waals surface area contributed by atoms with Crippen molar-refractivity contribution in [1.29, 1.82) is 0 Å². The first-order valence-corrected chi connectivity index (χ1v) is 12.3. The minimum Gasteiger partial charge on any atom is -0.591 e. The molecule has 0 heterocycles. The number of nitrogens with zero attached hydrogens (tertiary/aromatic N) is 1. The van der Waals surface area contributed by atoms with Gasteiger partial charge < -0.3 is 8.98 Å². The fourth-order valence-corrected chi connectivity index (χ4v) is 3.46. The van der Waals surface area contributed by atoms with Crippen LogP contribution in [-0.2, 0) is 15.8 Å². The first-order valence-electron chi connectivity index (χ1n) is 7.82. The van der Waals surface area contributed by atoms with E-state index in [1.165, 1.54) is 0 Å². The van der Waals surface area contributed by atoms with Gasteiger partial charge in [0.25, 0.3) is 0 Å². The molecule has 1 rings (SSSR count). The lowest BCUT2D eigenvalue weighted by atomic mass is 10.1. The monoisotopic (exact) mass is 373 g/mol. The Labute approximate surface area is 149 Å².